The number of carbonyl (C=O) groups is 1. The number of carbonyl (C=O) groups excluding carboxylic acids is 1. The summed E-state index contributed by atoms with van der Waals surface area (Å²) in [5, 5.41) is 4.13. The van der Waals surface area contributed by atoms with Gasteiger partial charge >= 0.3 is 5.97 Å². The number of esters is 1. The second-order valence-electron chi connectivity index (χ2n) is 5.99. The molecule has 0 unspecified atom stereocenters. The second-order valence-corrected chi connectivity index (χ2v) is 6.84. The van der Waals surface area contributed by atoms with E-state index in [1.165, 1.54) is 13.4 Å². The molecule has 9 heteroatoms. The van der Waals surface area contributed by atoms with Crippen molar-refractivity contribution in [3.63, 3.8) is 0 Å². The number of halogens is 2. The number of methoxy groups -OCH3 is 1. The lowest BCUT2D eigenvalue weighted by atomic mass is 9.97. The number of anilines is 4. The van der Waals surface area contributed by atoms with E-state index in [9.17, 15) is 4.79 Å². The number of nitrogens with one attached hydrogen (secondary N) is 1. The van der Waals surface area contributed by atoms with Gasteiger partial charge in [0.25, 0.3) is 0 Å². The maximum absolute atomic E-state index is 11.7. The van der Waals surface area contributed by atoms with Crippen LogP contribution in [0.5, 0.6) is 0 Å². The van der Waals surface area contributed by atoms with Crippen LogP contribution in [0.25, 0.3) is 0 Å². The third-order valence-corrected chi connectivity index (χ3v) is 4.92. The van der Waals surface area contributed by atoms with Crippen molar-refractivity contribution >= 4 is 52.2 Å². The van der Waals surface area contributed by atoms with Crippen LogP contribution in [0.15, 0.2) is 24.5 Å². The van der Waals surface area contributed by atoms with Crippen LogP contribution in [0.4, 0.5) is 23.0 Å². The fraction of sp³-hybridized carbons (Fsp3) is 0.353. The monoisotopic (exact) mass is 395 g/mol. The van der Waals surface area contributed by atoms with Gasteiger partial charge in [0.05, 0.1) is 23.7 Å². The van der Waals surface area contributed by atoms with Crippen molar-refractivity contribution in [2.75, 3.05) is 36.1 Å². The number of hydrogen-bond acceptors (Lipinski definition) is 7. The van der Waals surface area contributed by atoms with Crippen molar-refractivity contribution in [3.05, 3.63) is 34.6 Å². The van der Waals surface area contributed by atoms with Gasteiger partial charge in [0.15, 0.2) is 11.6 Å². The van der Waals surface area contributed by atoms with Crippen molar-refractivity contribution in [1.82, 2.24) is 9.97 Å². The molecule has 7 nitrogen and oxygen atoms in total. The Morgan fingerprint density at radius 2 is 2.04 bits per heavy atom. The molecule has 0 bridgehead atoms. The number of piperidine rings is 1. The molecule has 3 rings (SSSR count). The lowest BCUT2D eigenvalue weighted by Crippen LogP contribution is -2.37. The summed E-state index contributed by atoms with van der Waals surface area (Å²) in [6.45, 7) is 1.34. The molecule has 0 saturated carbocycles. The minimum atomic E-state index is -0.167. The molecule has 138 valence electrons. The van der Waals surface area contributed by atoms with E-state index in [0.717, 1.165) is 0 Å². The third kappa shape index (κ3) is 3.94. The highest BCUT2D eigenvalue weighted by molar-refractivity contribution is 6.36. The number of nitrogen functional groups attached to an aromatic ring is 1. The Hall–Kier alpha value is -2.25. The lowest BCUT2D eigenvalue weighted by Gasteiger charge is -2.32. The van der Waals surface area contributed by atoms with Crippen molar-refractivity contribution in [2.45, 2.75) is 12.8 Å². The van der Waals surface area contributed by atoms with Gasteiger partial charge in [-0.2, -0.15) is 0 Å². The zero-order chi connectivity index (χ0) is 18.7. The average Bonchev–Trinajstić information content (AvgIpc) is 2.65. The molecule has 2 aromatic rings. The predicted molar refractivity (Wildman–Crippen MR) is 103 cm³/mol. The van der Waals surface area contributed by atoms with Gasteiger partial charge in [0, 0.05) is 18.1 Å². The number of hydrogen-bond donors (Lipinski definition) is 2. The van der Waals surface area contributed by atoms with Gasteiger partial charge in [-0.15, -0.1) is 0 Å². The van der Waals surface area contributed by atoms with E-state index in [0.29, 0.717) is 59.0 Å². The molecule has 1 fully saturated rings. The molecule has 26 heavy (non-hydrogen) atoms. The molecule has 1 aliphatic heterocycles. The van der Waals surface area contributed by atoms with Crippen LogP contribution in [0.3, 0.4) is 0 Å². The molecule has 0 atom stereocenters. The quantitative estimate of drug-likeness (QED) is 0.764. The molecule has 1 saturated heterocycles. The van der Waals surface area contributed by atoms with Crippen LogP contribution in [-0.2, 0) is 9.53 Å². The predicted octanol–water partition coefficient (Wildman–Crippen LogP) is 3.50. The maximum atomic E-state index is 11.7. The molecule has 0 spiro atoms. The van der Waals surface area contributed by atoms with E-state index >= 15 is 0 Å². The molecule has 1 aliphatic rings. The van der Waals surface area contributed by atoms with Crippen LogP contribution in [0, 0.1) is 5.92 Å². The van der Waals surface area contributed by atoms with Crippen molar-refractivity contribution in [3.8, 4) is 0 Å². The van der Waals surface area contributed by atoms with Crippen molar-refractivity contribution in [1.29, 1.82) is 0 Å². The summed E-state index contributed by atoms with van der Waals surface area (Å²) < 4.78 is 4.82. The van der Waals surface area contributed by atoms with E-state index in [1.807, 2.05) is 4.90 Å². The molecule has 1 aromatic carbocycles. The summed E-state index contributed by atoms with van der Waals surface area (Å²) in [5.74, 6) is 0.857. The maximum Gasteiger partial charge on any atom is 0.308 e. The van der Waals surface area contributed by atoms with Gasteiger partial charge in [-0.25, -0.2) is 9.97 Å². The Kier molecular flexibility index (Phi) is 5.68. The number of nitrogens with zero attached hydrogens (tertiary/aromatic N) is 3. The van der Waals surface area contributed by atoms with Crippen LogP contribution in [0.2, 0.25) is 10.0 Å². The van der Waals surface area contributed by atoms with Crippen LogP contribution in [-0.4, -0.2) is 36.1 Å². The number of nitrogens with two attached hydrogens (primary N) is 1. The number of benzene rings is 1. The average molecular weight is 396 g/mol. The first-order valence-electron chi connectivity index (χ1n) is 8.15. The Balaban J connectivity index is 1.76. The van der Waals surface area contributed by atoms with Crippen LogP contribution in [0.1, 0.15) is 12.8 Å². The van der Waals surface area contributed by atoms with Crippen LogP contribution >= 0.6 is 23.2 Å². The molecule has 3 N–H and O–H groups in total. The number of aromatic nitrogens is 2. The summed E-state index contributed by atoms with van der Waals surface area (Å²) in [6.07, 6.45) is 2.84. The molecule has 2 heterocycles. The van der Waals surface area contributed by atoms with Gasteiger partial charge in [0.2, 0.25) is 0 Å². The highest BCUT2D eigenvalue weighted by Crippen LogP contribution is 2.34. The Labute approximate surface area is 161 Å². The van der Waals surface area contributed by atoms with Gasteiger partial charge in [-0.1, -0.05) is 23.2 Å². The summed E-state index contributed by atoms with van der Waals surface area (Å²) in [7, 11) is 1.41. The molecular weight excluding hydrogens is 377 g/mol. The van der Waals surface area contributed by atoms with E-state index in [4.69, 9.17) is 33.7 Å². The zero-order valence-electron chi connectivity index (χ0n) is 14.2. The summed E-state index contributed by atoms with van der Waals surface area (Å²) in [4.78, 5) is 22.2. The Morgan fingerprint density at radius 1 is 1.31 bits per heavy atom. The SMILES string of the molecule is COC(=O)C1CCN(c2ncnc(Nc3ccc(Cl)cc3Cl)c2N)CC1. The molecule has 0 radical (unpaired) electrons. The van der Waals surface area contributed by atoms with Gasteiger partial charge < -0.3 is 20.7 Å². The van der Waals surface area contributed by atoms with Crippen LogP contribution < -0.4 is 16.0 Å². The number of ether oxygens (including phenoxy) is 1. The first kappa shape index (κ1) is 18.5. The number of rotatable bonds is 4. The van der Waals surface area contributed by atoms with Crippen molar-refractivity contribution < 1.29 is 9.53 Å². The fourth-order valence-electron chi connectivity index (χ4n) is 2.95. The fourth-order valence-corrected chi connectivity index (χ4v) is 3.41. The summed E-state index contributed by atoms with van der Waals surface area (Å²) in [6, 6.07) is 5.13. The Bertz CT molecular complexity index is 810. The topological polar surface area (TPSA) is 93.4 Å². The summed E-state index contributed by atoms with van der Waals surface area (Å²) in [5.41, 5.74) is 7.35. The molecule has 1 aromatic heterocycles. The zero-order valence-corrected chi connectivity index (χ0v) is 15.7. The van der Waals surface area contributed by atoms with E-state index in [1.54, 1.807) is 18.2 Å². The standard InChI is InChI=1S/C17H19Cl2N5O2/c1-26-17(25)10-4-6-24(7-5-10)16-14(20)15(21-9-22-16)23-13-3-2-11(18)8-12(13)19/h2-3,8-10H,4-7,20H2,1H3,(H,21,22,23). The summed E-state index contributed by atoms with van der Waals surface area (Å²) >= 11 is 12.1. The Morgan fingerprint density at radius 3 is 2.69 bits per heavy atom. The van der Waals surface area contributed by atoms with E-state index < -0.39 is 0 Å². The normalized spacial score (nSPS) is 15.0. The van der Waals surface area contributed by atoms with Gasteiger partial charge in [-0.05, 0) is 31.0 Å². The smallest absolute Gasteiger partial charge is 0.308 e. The van der Waals surface area contributed by atoms with E-state index in [2.05, 4.69) is 15.3 Å². The molecule has 0 amide bonds. The van der Waals surface area contributed by atoms with Gasteiger partial charge in [0.1, 0.15) is 12.0 Å². The highest BCUT2D eigenvalue weighted by Gasteiger charge is 2.27. The highest BCUT2D eigenvalue weighted by atomic mass is 35.5. The third-order valence-electron chi connectivity index (χ3n) is 4.38. The van der Waals surface area contributed by atoms with Gasteiger partial charge in [-0.3, -0.25) is 4.79 Å². The minimum absolute atomic E-state index is 0.0789. The molecule has 0 aliphatic carbocycles. The van der Waals surface area contributed by atoms with E-state index in [-0.39, 0.29) is 11.9 Å². The largest absolute Gasteiger partial charge is 0.469 e. The minimum Gasteiger partial charge on any atom is -0.469 e. The second kappa shape index (κ2) is 7.97. The first-order chi connectivity index (χ1) is 12.5. The first-order valence-corrected chi connectivity index (χ1v) is 8.90. The van der Waals surface area contributed by atoms with Crippen molar-refractivity contribution in [2.24, 2.45) is 5.92 Å². The lowest BCUT2D eigenvalue weighted by molar-refractivity contribution is -0.146. The molecular formula is C17H19Cl2N5O2.